The van der Waals surface area contributed by atoms with Gasteiger partial charge >= 0.3 is 0 Å². The van der Waals surface area contributed by atoms with Crippen molar-refractivity contribution in [2.45, 2.75) is 51.9 Å². The number of carbonyl (C=O) groups excluding carboxylic acids is 3. The molecule has 0 aliphatic carbocycles. The van der Waals surface area contributed by atoms with E-state index in [0.717, 1.165) is 0 Å². The van der Waals surface area contributed by atoms with Gasteiger partial charge in [-0.1, -0.05) is 25.1 Å². The van der Waals surface area contributed by atoms with Crippen LogP contribution in [0.5, 0.6) is 5.75 Å². The Morgan fingerprint density at radius 1 is 1.18 bits per heavy atom. The molecule has 1 aliphatic heterocycles. The molecule has 2 atom stereocenters. The number of hydrogen-bond acceptors (Lipinski definition) is 7. The SMILES string of the molecule is CSCC[C@@H]1NC(=O)c2cccc(c2)OCCn2cc(nn2)CNC(=O)[C@@H](CC(C)C)NC1=O. The summed E-state index contributed by atoms with van der Waals surface area (Å²) in [4.78, 5) is 39.0. The zero-order valence-corrected chi connectivity index (χ0v) is 20.6. The largest absolute Gasteiger partial charge is 0.492 e. The van der Waals surface area contributed by atoms with Crippen molar-refractivity contribution in [2.24, 2.45) is 5.92 Å². The summed E-state index contributed by atoms with van der Waals surface area (Å²) < 4.78 is 7.40. The van der Waals surface area contributed by atoms with Gasteiger partial charge in [0, 0.05) is 5.56 Å². The molecule has 0 spiro atoms. The number of benzene rings is 1. The zero-order chi connectivity index (χ0) is 24.5. The summed E-state index contributed by atoms with van der Waals surface area (Å²) in [5, 5.41) is 16.7. The molecule has 0 saturated carbocycles. The number of fused-ring (bicyclic) bond motifs is 4. The van der Waals surface area contributed by atoms with E-state index in [4.69, 9.17) is 4.74 Å². The Morgan fingerprint density at radius 3 is 2.76 bits per heavy atom. The number of thioether (sulfide) groups is 1. The van der Waals surface area contributed by atoms with Gasteiger partial charge in [-0.25, -0.2) is 4.68 Å². The van der Waals surface area contributed by atoms with Crippen LogP contribution >= 0.6 is 11.8 Å². The number of ether oxygens (including phenoxy) is 1. The molecule has 2 aromatic rings. The number of rotatable bonds is 5. The Hall–Kier alpha value is -3.08. The van der Waals surface area contributed by atoms with E-state index in [-0.39, 0.29) is 30.2 Å². The standard InChI is InChI=1S/C23H32N6O4S/c1-15(2)11-20-22(31)24-13-17-14-29(28-27-17)8-9-33-18-6-4-5-16(12-18)21(30)25-19(7-10-34-3)23(32)26-20/h4-6,12,14-15,19-20H,7-11,13H2,1-3H3,(H,24,31)(H,25,30)(H,26,32)/t19-,20+/m0/s1. The molecule has 1 aromatic carbocycles. The fourth-order valence-electron chi connectivity index (χ4n) is 3.54. The molecule has 184 valence electrons. The molecular formula is C23H32N6O4S. The van der Waals surface area contributed by atoms with Crippen molar-refractivity contribution in [3.05, 3.63) is 41.7 Å². The summed E-state index contributed by atoms with van der Waals surface area (Å²) in [6.07, 6.45) is 4.58. The van der Waals surface area contributed by atoms with Crippen LogP contribution in [-0.2, 0) is 22.7 Å². The van der Waals surface area contributed by atoms with E-state index in [0.29, 0.717) is 48.8 Å². The molecule has 11 heteroatoms. The highest BCUT2D eigenvalue weighted by molar-refractivity contribution is 7.98. The van der Waals surface area contributed by atoms with Crippen LogP contribution in [0.1, 0.15) is 42.7 Å². The van der Waals surface area contributed by atoms with Crippen LogP contribution in [0, 0.1) is 5.92 Å². The third-order valence-corrected chi connectivity index (χ3v) is 5.93. The van der Waals surface area contributed by atoms with Gasteiger partial charge in [0.1, 0.15) is 30.1 Å². The highest BCUT2D eigenvalue weighted by Gasteiger charge is 2.27. The first kappa shape index (κ1) is 25.5. The van der Waals surface area contributed by atoms with Crippen molar-refractivity contribution in [1.29, 1.82) is 0 Å². The first-order valence-electron chi connectivity index (χ1n) is 11.4. The van der Waals surface area contributed by atoms with E-state index in [2.05, 4.69) is 26.3 Å². The number of amides is 3. The second-order valence-electron chi connectivity index (χ2n) is 8.57. The molecule has 0 unspecified atom stereocenters. The lowest BCUT2D eigenvalue weighted by Gasteiger charge is -2.24. The van der Waals surface area contributed by atoms with Gasteiger partial charge in [-0.15, -0.1) is 5.10 Å². The number of hydrogen-bond donors (Lipinski definition) is 3. The van der Waals surface area contributed by atoms with E-state index < -0.39 is 12.1 Å². The number of aromatic nitrogens is 3. The van der Waals surface area contributed by atoms with Gasteiger partial charge in [0.15, 0.2) is 0 Å². The summed E-state index contributed by atoms with van der Waals surface area (Å²) in [5.74, 6) is 0.336. The van der Waals surface area contributed by atoms with Gasteiger partial charge in [-0.2, -0.15) is 11.8 Å². The molecule has 34 heavy (non-hydrogen) atoms. The molecule has 0 saturated heterocycles. The van der Waals surface area contributed by atoms with Crippen LogP contribution in [0.25, 0.3) is 0 Å². The first-order valence-corrected chi connectivity index (χ1v) is 12.7. The van der Waals surface area contributed by atoms with Crippen molar-refractivity contribution in [3.63, 3.8) is 0 Å². The molecule has 10 nitrogen and oxygen atoms in total. The molecule has 4 bridgehead atoms. The molecule has 3 amide bonds. The van der Waals surface area contributed by atoms with Crippen molar-refractivity contribution >= 4 is 29.5 Å². The van der Waals surface area contributed by atoms with E-state index in [1.54, 1.807) is 46.9 Å². The molecule has 3 rings (SSSR count). The quantitative estimate of drug-likeness (QED) is 0.580. The summed E-state index contributed by atoms with van der Waals surface area (Å²) in [5.41, 5.74) is 0.997. The van der Waals surface area contributed by atoms with E-state index in [1.165, 1.54) is 0 Å². The van der Waals surface area contributed by atoms with Gasteiger partial charge in [-0.05, 0) is 49.0 Å². The zero-order valence-electron chi connectivity index (χ0n) is 19.7. The summed E-state index contributed by atoms with van der Waals surface area (Å²) in [6.45, 7) is 4.95. The topological polar surface area (TPSA) is 127 Å². The predicted molar refractivity (Wildman–Crippen MR) is 129 cm³/mol. The average molecular weight is 489 g/mol. The number of nitrogens with one attached hydrogen (secondary N) is 3. The molecule has 3 N–H and O–H groups in total. The Labute approximate surface area is 203 Å². The lowest BCUT2D eigenvalue weighted by atomic mass is 10.0. The highest BCUT2D eigenvalue weighted by atomic mass is 32.2. The fourth-order valence-corrected chi connectivity index (χ4v) is 4.01. The van der Waals surface area contributed by atoms with Crippen LogP contribution < -0.4 is 20.7 Å². The Kier molecular flexibility index (Phi) is 9.32. The monoisotopic (exact) mass is 488 g/mol. The normalized spacial score (nSPS) is 19.9. The fraction of sp³-hybridized carbons (Fsp3) is 0.522. The summed E-state index contributed by atoms with van der Waals surface area (Å²) >= 11 is 1.58. The van der Waals surface area contributed by atoms with Gasteiger partial charge in [0.2, 0.25) is 11.8 Å². The third-order valence-electron chi connectivity index (χ3n) is 5.29. The average Bonchev–Trinajstić information content (AvgIpc) is 3.26. The van der Waals surface area contributed by atoms with Crippen molar-refractivity contribution in [3.8, 4) is 5.75 Å². The first-order chi connectivity index (χ1) is 16.4. The Morgan fingerprint density at radius 2 is 2.00 bits per heavy atom. The molecule has 0 fully saturated rings. The Balaban J connectivity index is 1.87. The maximum Gasteiger partial charge on any atom is 0.252 e. The van der Waals surface area contributed by atoms with E-state index in [1.807, 2.05) is 20.1 Å². The van der Waals surface area contributed by atoms with Crippen LogP contribution in [0.2, 0.25) is 0 Å². The van der Waals surface area contributed by atoms with Crippen LogP contribution in [0.3, 0.4) is 0 Å². The van der Waals surface area contributed by atoms with Gasteiger partial charge < -0.3 is 20.7 Å². The second-order valence-corrected chi connectivity index (χ2v) is 9.55. The minimum Gasteiger partial charge on any atom is -0.492 e. The summed E-state index contributed by atoms with van der Waals surface area (Å²) in [6, 6.07) is 5.31. The predicted octanol–water partition coefficient (Wildman–Crippen LogP) is 1.37. The van der Waals surface area contributed by atoms with E-state index >= 15 is 0 Å². The molecular weight excluding hydrogens is 456 g/mol. The van der Waals surface area contributed by atoms with Gasteiger partial charge in [0.05, 0.1) is 19.3 Å². The van der Waals surface area contributed by atoms with Gasteiger partial charge in [-0.3, -0.25) is 14.4 Å². The van der Waals surface area contributed by atoms with Crippen LogP contribution in [-0.4, -0.2) is 63.4 Å². The third kappa shape index (κ3) is 7.47. The maximum atomic E-state index is 13.2. The number of nitrogens with zero attached hydrogens (tertiary/aromatic N) is 3. The molecule has 1 aromatic heterocycles. The van der Waals surface area contributed by atoms with Crippen LogP contribution in [0.4, 0.5) is 0 Å². The van der Waals surface area contributed by atoms with Crippen molar-refractivity contribution in [2.75, 3.05) is 18.6 Å². The molecule has 0 radical (unpaired) electrons. The van der Waals surface area contributed by atoms with Crippen LogP contribution in [0.15, 0.2) is 30.5 Å². The Bertz CT molecular complexity index is 995. The highest BCUT2D eigenvalue weighted by Crippen LogP contribution is 2.15. The minimum absolute atomic E-state index is 0.178. The van der Waals surface area contributed by atoms with E-state index in [9.17, 15) is 14.4 Å². The second kappa shape index (κ2) is 12.4. The van der Waals surface area contributed by atoms with Crippen molar-refractivity contribution in [1.82, 2.24) is 30.9 Å². The summed E-state index contributed by atoms with van der Waals surface area (Å²) in [7, 11) is 0. The van der Waals surface area contributed by atoms with Crippen molar-refractivity contribution < 1.29 is 19.1 Å². The molecule has 2 heterocycles. The smallest absolute Gasteiger partial charge is 0.252 e. The lowest BCUT2D eigenvalue weighted by molar-refractivity contribution is -0.130. The molecule has 1 aliphatic rings. The maximum absolute atomic E-state index is 13.2. The lowest BCUT2D eigenvalue weighted by Crippen LogP contribution is -2.54. The van der Waals surface area contributed by atoms with Gasteiger partial charge in [0.25, 0.3) is 5.91 Å². The number of carbonyl (C=O) groups is 3. The minimum atomic E-state index is -0.772.